The van der Waals surface area contributed by atoms with Crippen molar-refractivity contribution < 1.29 is 4.48 Å². The summed E-state index contributed by atoms with van der Waals surface area (Å²) in [5, 5.41) is 22.7. The molecule has 0 saturated carbocycles. The summed E-state index contributed by atoms with van der Waals surface area (Å²) >= 11 is 1.72. The highest BCUT2D eigenvalue weighted by atomic mass is 32.2. The monoisotopic (exact) mass is 687 g/mol. The average molecular weight is 687 g/mol. The molecule has 0 amide bonds. The standard InChI is InChI=1S/C38H72N9S/c1-13-28-48-36(15-3)35(39-9)20-18-24-44-38(40-10)46-37(43-25-19-27-47(11,12)17-5)30-41-26-23-34(31(6)7)22-21-33(14-2)29-45-32(8)42-16-4/h13,15,20-22,28,30,33,37,39,42-43,45H,8,14,16-19,23-27,29H2,1-7,9-12H3,(H2,40,44,46)/q+1. The van der Waals surface area contributed by atoms with Gasteiger partial charge in [0.2, 0.25) is 0 Å². The Kier molecular flexibility index (Phi) is 26.2. The lowest BCUT2D eigenvalue weighted by Gasteiger charge is -2.28. The summed E-state index contributed by atoms with van der Waals surface area (Å²) in [7, 11) is 8.35. The summed E-state index contributed by atoms with van der Waals surface area (Å²) in [6.07, 6.45) is 16.8. The highest BCUT2D eigenvalue weighted by Crippen LogP contribution is 2.23. The fourth-order valence-corrected chi connectivity index (χ4v) is 5.29. The number of nitrogens with zero attached hydrogens (tertiary/aromatic N) is 3. The van der Waals surface area contributed by atoms with Gasteiger partial charge in [-0.05, 0) is 77.7 Å². The number of likely N-dealkylation sites (N-methyl/N-ethyl adjacent to an activating group) is 1. The van der Waals surface area contributed by atoms with Gasteiger partial charge in [-0.2, -0.15) is 0 Å². The largest absolute Gasteiger partial charge is 0.387 e. The van der Waals surface area contributed by atoms with Crippen molar-refractivity contribution in [3.8, 4) is 0 Å². The van der Waals surface area contributed by atoms with Crippen molar-refractivity contribution in [2.45, 2.75) is 80.3 Å². The van der Waals surface area contributed by atoms with E-state index in [1.54, 1.807) is 11.8 Å². The Balaban J connectivity index is 5.43. The highest BCUT2D eigenvalue weighted by molar-refractivity contribution is 8.06. The Bertz CT molecular complexity index is 1100. The number of thioether (sulfide) groups is 1. The van der Waals surface area contributed by atoms with E-state index in [1.807, 2.05) is 27.2 Å². The molecule has 0 aromatic carbocycles. The van der Waals surface area contributed by atoms with Crippen molar-refractivity contribution in [2.75, 3.05) is 74.0 Å². The number of rotatable bonds is 26. The van der Waals surface area contributed by atoms with Crippen LogP contribution in [0, 0.1) is 5.92 Å². The molecule has 0 saturated heterocycles. The van der Waals surface area contributed by atoms with Crippen LogP contribution >= 0.6 is 11.8 Å². The van der Waals surface area contributed by atoms with Gasteiger partial charge in [0.05, 0.1) is 33.0 Å². The topological polar surface area (TPSA) is 96.9 Å². The maximum Gasteiger partial charge on any atom is 0.192 e. The van der Waals surface area contributed by atoms with E-state index in [-0.39, 0.29) is 6.17 Å². The fraction of sp³-hybridized carbons (Fsp3) is 0.632. The first-order valence-corrected chi connectivity index (χ1v) is 18.7. The van der Waals surface area contributed by atoms with Gasteiger partial charge in [0.1, 0.15) is 6.17 Å². The molecule has 0 heterocycles. The van der Waals surface area contributed by atoms with Crippen LogP contribution in [0.2, 0.25) is 0 Å². The quantitative estimate of drug-likeness (QED) is 0.0160. The zero-order valence-corrected chi connectivity index (χ0v) is 33.2. The van der Waals surface area contributed by atoms with Crippen molar-refractivity contribution in [1.29, 1.82) is 0 Å². The first-order valence-electron chi connectivity index (χ1n) is 17.9. The second kappa shape index (κ2) is 27.9. The zero-order valence-electron chi connectivity index (χ0n) is 32.4. The van der Waals surface area contributed by atoms with Crippen molar-refractivity contribution >= 4 is 23.9 Å². The van der Waals surface area contributed by atoms with Crippen LogP contribution in [0.5, 0.6) is 0 Å². The minimum Gasteiger partial charge on any atom is -0.387 e. The van der Waals surface area contributed by atoms with Crippen LogP contribution < -0.4 is 31.9 Å². The molecule has 0 aliphatic rings. The van der Waals surface area contributed by atoms with E-state index in [0.717, 1.165) is 93.5 Å². The van der Waals surface area contributed by atoms with E-state index >= 15 is 0 Å². The maximum atomic E-state index is 4.87. The Hall–Kier alpha value is -2.95. The maximum absolute atomic E-state index is 4.87. The first-order chi connectivity index (χ1) is 23.0. The number of quaternary nitrogens is 1. The molecule has 0 aromatic rings. The molecule has 0 aliphatic heterocycles. The van der Waals surface area contributed by atoms with E-state index in [4.69, 9.17) is 4.99 Å². The van der Waals surface area contributed by atoms with Gasteiger partial charge in [-0.25, -0.2) is 0 Å². The van der Waals surface area contributed by atoms with Crippen LogP contribution in [0.4, 0.5) is 0 Å². The minimum absolute atomic E-state index is 0.130. The molecule has 48 heavy (non-hydrogen) atoms. The molecule has 6 N–H and O–H groups in total. The third-order valence-electron chi connectivity index (χ3n) is 8.06. The molecule has 0 fully saturated rings. The van der Waals surface area contributed by atoms with Gasteiger partial charge in [0.25, 0.3) is 0 Å². The molecule has 274 valence electrons. The van der Waals surface area contributed by atoms with Crippen LogP contribution in [-0.2, 0) is 0 Å². The number of hydrogen-bond acceptors (Lipinski definition) is 7. The number of allylic oxidation sites excluding steroid dienone is 4. The summed E-state index contributed by atoms with van der Waals surface area (Å²) in [4.78, 5) is 10.6. The zero-order chi connectivity index (χ0) is 36.2. The predicted molar refractivity (Wildman–Crippen MR) is 216 cm³/mol. The molecule has 2 unspecified atom stereocenters. The fourth-order valence-electron chi connectivity index (χ4n) is 4.56. The van der Waals surface area contributed by atoms with Gasteiger partial charge in [-0.15, -0.1) is 0 Å². The smallest absolute Gasteiger partial charge is 0.192 e. The number of aliphatic imine (C=N–C) groups is 2. The highest BCUT2D eigenvalue weighted by Gasteiger charge is 2.13. The Morgan fingerprint density at radius 1 is 1.04 bits per heavy atom. The molecule has 0 aromatic heterocycles. The number of nitrogens with one attached hydrogen (secondary N) is 6. The van der Waals surface area contributed by atoms with E-state index in [2.05, 4.69) is 135 Å². The summed E-state index contributed by atoms with van der Waals surface area (Å²) in [6.45, 7) is 25.4. The lowest BCUT2D eigenvalue weighted by Crippen LogP contribution is -2.52. The van der Waals surface area contributed by atoms with Gasteiger partial charge in [0.15, 0.2) is 5.96 Å². The van der Waals surface area contributed by atoms with Crippen LogP contribution in [-0.4, -0.2) is 96.8 Å². The van der Waals surface area contributed by atoms with E-state index in [1.165, 1.54) is 16.1 Å². The SMILES string of the molecule is C=C(NCC)NCC(C=CC(CCN=CC(NCCC[N+](C)(C)CC)NC(=NC)NCCC=C(NC)C(=CC)SC=CC)=C(C)C)CC. The second-order valence-electron chi connectivity index (χ2n) is 12.5. The van der Waals surface area contributed by atoms with E-state index in [9.17, 15) is 0 Å². The predicted octanol–water partition coefficient (Wildman–Crippen LogP) is 6.27. The molecule has 0 radical (unpaired) electrons. The normalized spacial score (nSPS) is 14.4. The molecule has 9 nitrogen and oxygen atoms in total. The van der Waals surface area contributed by atoms with Crippen molar-refractivity contribution in [3.05, 3.63) is 69.9 Å². The molecule has 0 aliphatic carbocycles. The van der Waals surface area contributed by atoms with Gasteiger partial charge in [-0.3, -0.25) is 15.3 Å². The Morgan fingerprint density at radius 3 is 2.38 bits per heavy atom. The second-order valence-corrected chi connectivity index (χ2v) is 13.5. The van der Waals surface area contributed by atoms with Crippen LogP contribution in [0.3, 0.4) is 0 Å². The van der Waals surface area contributed by atoms with Crippen molar-refractivity contribution in [2.24, 2.45) is 15.9 Å². The van der Waals surface area contributed by atoms with E-state index in [0.29, 0.717) is 5.92 Å². The van der Waals surface area contributed by atoms with Gasteiger partial charge in [0, 0.05) is 70.1 Å². The summed E-state index contributed by atoms with van der Waals surface area (Å²) in [5.74, 6) is 2.07. The van der Waals surface area contributed by atoms with Gasteiger partial charge in [-0.1, -0.05) is 61.2 Å². The summed E-state index contributed by atoms with van der Waals surface area (Å²) in [5.41, 5.74) is 3.80. The lowest BCUT2D eigenvalue weighted by molar-refractivity contribution is -0.888. The number of hydrogen-bond donors (Lipinski definition) is 6. The Labute approximate surface area is 299 Å². The van der Waals surface area contributed by atoms with Gasteiger partial charge >= 0.3 is 0 Å². The third kappa shape index (κ3) is 21.8. The molecule has 10 heteroatoms. The van der Waals surface area contributed by atoms with Crippen molar-refractivity contribution in [3.63, 3.8) is 0 Å². The molecule has 2 atom stereocenters. The first kappa shape index (κ1) is 45.0. The lowest BCUT2D eigenvalue weighted by atomic mass is 10.0. The van der Waals surface area contributed by atoms with Crippen LogP contribution in [0.25, 0.3) is 0 Å². The molecular formula is C38H72N9S+. The Morgan fingerprint density at radius 2 is 1.79 bits per heavy atom. The van der Waals surface area contributed by atoms with E-state index < -0.39 is 0 Å². The minimum atomic E-state index is -0.130. The molecule has 0 spiro atoms. The van der Waals surface area contributed by atoms with Crippen molar-refractivity contribution in [1.82, 2.24) is 31.9 Å². The van der Waals surface area contributed by atoms with Crippen LogP contribution in [0.1, 0.15) is 74.1 Å². The number of guanidine groups is 1. The molecule has 0 rings (SSSR count). The average Bonchev–Trinajstić information content (AvgIpc) is 3.07. The summed E-state index contributed by atoms with van der Waals surface area (Å²) in [6, 6.07) is 0. The molecular weight excluding hydrogens is 615 g/mol. The van der Waals surface area contributed by atoms with Crippen LogP contribution in [0.15, 0.2) is 79.9 Å². The third-order valence-corrected chi connectivity index (χ3v) is 9.18. The summed E-state index contributed by atoms with van der Waals surface area (Å²) < 4.78 is 1.01. The van der Waals surface area contributed by atoms with Gasteiger partial charge < -0.3 is 31.1 Å². The molecule has 0 bridgehead atoms.